The first-order valence-corrected chi connectivity index (χ1v) is 6.27. The number of hydrogen-bond acceptors (Lipinski definition) is 3. The Kier molecular flexibility index (Phi) is 3.77. The Bertz CT molecular complexity index is 516. The van der Waals surface area contributed by atoms with Crippen molar-refractivity contribution in [3.05, 3.63) is 42.2 Å². The van der Waals surface area contributed by atoms with Crippen molar-refractivity contribution in [2.75, 3.05) is 0 Å². The fourth-order valence-corrected chi connectivity index (χ4v) is 2.09. The Morgan fingerprint density at radius 3 is 2.67 bits per heavy atom. The minimum Gasteiger partial charge on any atom is -0.323 e. The lowest BCUT2D eigenvalue weighted by Crippen LogP contribution is -2.16. The van der Waals surface area contributed by atoms with Crippen molar-refractivity contribution < 1.29 is 0 Å². The van der Waals surface area contributed by atoms with E-state index in [1.54, 1.807) is 6.33 Å². The molecule has 4 heteroatoms. The molecule has 96 valence electrons. The summed E-state index contributed by atoms with van der Waals surface area (Å²) in [5.74, 6) is 0.569. The number of hydrogen-bond donors (Lipinski definition) is 1. The van der Waals surface area contributed by atoms with E-state index in [-0.39, 0.29) is 6.04 Å². The smallest absolute Gasteiger partial charge is 0.0995 e. The number of nitrogens with zero attached hydrogens (tertiary/aromatic N) is 3. The third-order valence-electron chi connectivity index (χ3n) is 2.91. The molecule has 1 atom stereocenters. The molecule has 0 saturated heterocycles. The van der Waals surface area contributed by atoms with Gasteiger partial charge in [0.25, 0.3) is 0 Å². The molecule has 0 aromatic carbocycles. The van der Waals surface area contributed by atoms with Gasteiger partial charge in [0.2, 0.25) is 0 Å². The Labute approximate surface area is 108 Å². The first-order chi connectivity index (χ1) is 8.58. The molecular weight excluding hydrogens is 224 g/mol. The van der Waals surface area contributed by atoms with Crippen LogP contribution < -0.4 is 5.73 Å². The highest BCUT2D eigenvalue weighted by atomic mass is 15.1. The van der Waals surface area contributed by atoms with Crippen molar-refractivity contribution in [2.24, 2.45) is 11.7 Å². The van der Waals surface area contributed by atoms with Gasteiger partial charge in [-0.15, -0.1) is 0 Å². The zero-order valence-electron chi connectivity index (χ0n) is 11.2. The highest BCUT2D eigenvalue weighted by Gasteiger charge is 2.14. The van der Waals surface area contributed by atoms with Gasteiger partial charge in [-0.25, -0.2) is 4.98 Å². The third-order valence-corrected chi connectivity index (χ3v) is 2.91. The summed E-state index contributed by atoms with van der Waals surface area (Å²) in [4.78, 5) is 8.42. The summed E-state index contributed by atoms with van der Waals surface area (Å²) in [7, 11) is 0. The van der Waals surface area contributed by atoms with Gasteiger partial charge in [0.15, 0.2) is 0 Å². The maximum Gasteiger partial charge on any atom is 0.0995 e. The molecule has 4 nitrogen and oxygen atoms in total. The number of aryl methyl sites for hydroxylation is 1. The SMILES string of the molecule is Cc1cncc(-n2cncc2C(N)CC(C)C)c1. The topological polar surface area (TPSA) is 56.7 Å². The number of imidazole rings is 1. The van der Waals surface area contributed by atoms with Gasteiger partial charge in [-0.3, -0.25) is 4.98 Å². The highest BCUT2D eigenvalue weighted by Crippen LogP contribution is 2.21. The van der Waals surface area contributed by atoms with Crippen molar-refractivity contribution in [3.63, 3.8) is 0 Å². The number of pyridine rings is 1. The van der Waals surface area contributed by atoms with Crippen molar-refractivity contribution >= 4 is 0 Å². The van der Waals surface area contributed by atoms with E-state index >= 15 is 0 Å². The molecule has 0 bridgehead atoms. The van der Waals surface area contributed by atoms with E-state index in [9.17, 15) is 0 Å². The Balaban J connectivity index is 2.33. The van der Waals surface area contributed by atoms with Gasteiger partial charge < -0.3 is 10.3 Å². The van der Waals surface area contributed by atoms with Crippen molar-refractivity contribution in [1.29, 1.82) is 0 Å². The van der Waals surface area contributed by atoms with Crippen LogP contribution in [0.5, 0.6) is 0 Å². The van der Waals surface area contributed by atoms with Crippen LogP contribution in [0.2, 0.25) is 0 Å². The van der Waals surface area contributed by atoms with Gasteiger partial charge in [-0.2, -0.15) is 0 Å². The molecular formula is C14H20N4. The predicted octanol–water partition coefficient (Wildman–Crippen LogP) is 2.62. The number of nitrogens with two attached hydrogens (primary N) is 1. The maximum absolute atomic E-state index is 6.24. The van der Waals surface area contributed by atoms with E-state index < -0.39 is 0 Å². The summed E-state index contributed by atoms with van der Waals surface area (Å²) in [5, 5.41) is 0. The van der Waals surface area contributed by atoms with E-state index in [0.717, 1.165) is 23.4 Å². The fraction of sp³-hybridized carbons (Fsp3) is 0.429. The van der Waals surface area contributed by atoms with E-state index in [2.05, 4.69) is 29.9 Å². The molecule has 2 aromatic rings. The molecule has 0 amide bonds. The second-order valence-corrected chi connectivity index (χ2v) is 5.15. The second kappa shape index (κ2) is 5.31. The lowest BCUT2D eigenvalue weighted by atomic mass is 10.0. The Hall–Kier alpha value is -1.68. The van der Waals surface area contributed by atoms with Gasteiger partial charge in [0.1, 0.15) is 0 Å². The monoisotopic (exact) mass is 244 g/mol. The number of rotatable bonds is 4. The minimum atomic E-state index is 0.00742. The van der Waals surface area contributed by atoms with Gasteiger partial charge >= 0.3 is 0 Å². The van der Waals surface area contributed by atoms with Crippen LogP contribution in [0.15, 0.2) is 31.0 Å². The van der Waals surface area contributed by atoms with Crippen LogP contribution >= 0.6 is 0 Å². The van der Waals surface area contributed by atoms with Gasteiger partial charge in [-0.05, 0) is 30.9 Å². The maximum atomic E-state index is 6.24. The molecule has 2 rings (SSSR count). The van der Waals surface area contributed by atoms with Crippen LogP contribution in [0.25, 0.3) is 5.69 Å². The zero-order valence-corrected chi connectivity index (χ0v) is 11.2. The molecule has 2 aromatic heterocycles. The van der Waals surface area contributed by atoms with Crippen molar-refractivity contribution in [3.8, 4) is 5.69 Å². The first-order valence-electron chi connectivity index (χ1n) is 6.27. The van der Waals surface area contributed by atoms with Crippen LogP contribution in [0.3, 0.4) is 0 Å². The van der Waals surface area contributed by atoms with Crippen LogP contribution in [0.1, 0.15) is 37.6 Å². The van der Waals surface area contributed by atoms with E-state index in [1.165, 1.54) is 0 Å². The average Bonchev–Trinajstić information content (AvgIpc) is 2.76. The summed E-state index contributed by atoms with van der Waals surface area (Å²) in [6, 6.07) is 2.09. The number of aromatic nitrogens is 3. The minimum absolute atomic E-state index is 0.00742. The summed E-state index contributed by atoms with van der Waals surface area (Å²) >= 11 is 0. The normalized spacial score (nSPS) is 12.9. The van der Waals surface area contributed by atoms with E-state index in [1.807, 2.05) is 30.1 Å². The van der Waals surface area contributed by atoms with Gasteiger partial charge in [0, 0.05) is 12.2 Å². The zero-order chi connectivity index (χ0) is 13.1. The van der Waals surface area contributed by atoms with Gasteiger partial charge in [0.05, 0.1) is 30.1 Å². The molecule has 1 unspecified atom stereocenters. The molecule has 0 aliphatic carbocycles. The third kappa shape index (κ3) is 2.76. The molecule has 18 heavy (non-hydrogen) atoms. The predicted molar refractivity (Wildman–Crippen MR) is 72.5 cm³/mol. The standard InChI is InChI=1S/C14H20N4/c1-10(2)4-13(15)14-8-17-9-18(14)12-5-11(3)6-16-7-12/h5-10,13H,4,15H2,1-3H3. The molecule has 0 aliphatic heterocycles. The quantitative estimate of drug-likeness (QED) is 0.899. The molecule has 0 aliphatic rings. The van der Waals surface area contributed by atoms with Crippen LogP contribution in [0, 0.1) is 12.8 Å². The van der Waals surface area contributed by atoms with Crippen LogP contribution in [-0.2, 0) is 0 Å². The summed E-state index contributed by atoms with van der Waals surface area (Å²) in [6.45, 7) is 6.38. The first kappa shape index (κ1) is 12.8. The van der Waals surface area contributed by atoms with E-state index in [0.29, 0.717) is 5.92 Å². The second-order valence-electron chi connectivity index (χ2n) is 5.15. The molecule has 0 fully saturated rings. The molecule has 0 spiro atoms. The Morgan fingerprint density at radius 2 is 2.00 bits per heavy atom. The fourth-order valence-electron chi connectivity index (χ4n) is 2.09. The summed E-state index contributed by atoms with van der Waals surface area (Å²) < 4.78 is 2.02. The molecule has 0 saturated carbocycles. The largest absolute Gasteiger partial charge is 0.323 e. The highest BCUT2D eigenvalue weighted by molar-refractivity contribution is 5.34. The lowest BCUT2D eigenvalue weighted by molar-refractivity contribution is 0.498. The van der Waals surface area contributed by atoms with Crippen LogP contribution in [-0.4, -0.2) is 14.5 Å². The van der Waals surface area contributed by atoms with E-state index in [4.69, 9.17) is 5.73 Å². The summed E-state index contributed by atoms with van der Waals surface area (Å²) in [5.41, 5.74) is 9.42. The molecule has 0 radical (unpaired) electrons. The summed E-state index contributed by atoms with van der Waals surface area (Å²) in [6.07, 6.45) is 8.26. The lowest BCUT2D eigenvalue weighted by Gasteiger charge is -2.16. The van der Waals surface area contributed by atoms with Gasteiger partial charge in [-0.1, -0.05) is 13.8 Å². The molecule has 2 N–H and O–H groups in total. The van der Waals surface area contributed by atoms with Crippen molar-refractivity contribution in [1.82, 2.24) is 14.5 Å². The average molecular weight is 244 g/mol. The van der Waals surface area contributed by atoms with Crippen molar-refractivity contribution in [2.45, 2.75) is 33.2 Å². The Morgan fingerprint density at radius 1 is 1.22 bits per heavy atom. The van der Waals surface area contributed by atoms with Crippen LogP contribution in [0.4, 0.5) is 0 Å². The molecule has 2 heterocycles.